The van der Waals surface area contributed by atoms with Crippen molar-refractivity contribution in [2.24, 2.45) is 0 Å². The van der Waals surface area contributed by atoms with Crippen LogP contribution in [0.4, 0.5) is 10.1 Å². The molecule has 0 fully saturated rings. The topological polar surface area (TPSA) is 69.7 Å². The maximum absolute atomic E-state index is 12.9. The second-order valence-corrected chi connectivity index (χ2v) is 9.23. The van der Waals surface area contributed by atoms with Gasteiger partial charge >= 0.3 is 10.2 Å². The van der Waals surface area contributed by atoms with Gasteiger partial charge in [0.1, 0.15) is 12.4 Å². The fourth-order valence-corrected chi connectivity index (χ4v) is 3.95. The van der Waals surface area contributed by atoms with Gasteiger partial charge in [-0.2, -0.15) is 12.7 Å². The lowest BCUT2D eigenvalue weighted by molar-refractivity contribution is -0.119. The van der Waals surface area contributed by atoms with Crippen LogP contribution in [0.3, 0.4) is 0 Å². The summed E-state index contributed by atoms with van der Waals surface area (Å²) in [5.41, 5.74) is 3.14. The van der Waals surface area contributed by atoms with E-state index in [1.165, 1.54) is 26.2 Å². The second-order valence-electron chi connectivity index (χ2n) is 7.17. The summed E-state index contributed by atoms with van der Waals surface area (Å²) >= 11 is 0. The van der Waals surface area contributed by atoms with Gasteiger partial charge in [-0.25, -0.2) is 8.70 Å². The Balaban J connectivity index is 2.03. The van der Waals surface area contributed by atoms with Crippen LogP contribution < -0.4 is 9.62 Å². The molecule has 6 nitrogen and oxygen atoms in total. The summed E-state index contributed by atoms with van der Waals surface area (Å²) in [6.45, 7) is 3.78. The van der Waals surface area contributed by atoms with E-state index in [0.717, 1.165) is 25.3 Å². The minimum absolute atomic E-state index is 0.282. The van der Waals surface area contributed by atoms with E-state index in [1.54, 1.807) is 18.2 Å². The molecule has 1 N–H and O–H groups in total. The summed E-state index contributed by atoms with van der Waals surface area (Å²) in [5, 5.41) is 2.77. The summed E-state index contributed by atoms with van der Waals surface area (Å²) in [5.74, 6) is -0.661. The first-order valence-corrected chi connectivity index (χ1v) is 10.8. The van der Waals surface area contributed by atoms with E-state index in [-0.39, 0.29) is 18.3 Å². The number of hydrogen-bond donors (Lipinski definition) is 1. The van der Waals surface area contributed by atoms with Gasteiger partial charge in [-0.3, -0.25) is 4.79 Å². The van der Waals surface area contributed by atoms with E-state index in [1.807, 2.05) is 26.0 Å². The van der Waals surface area contributed by atoms with Gasteiger partial charge < -0.3 is 5.32 Å². The Labute approximate surface area is 172 Å². The molecule has 0 aromatic heterocycles. The molecule has 0 radical (unpaired) electrons. The molecule has 0 atom stereocenters. The monoisotopic (exact) mass is 421 g/mol. The summed E-state index contributed by atoms with van der Waals surface area (Å²) in [7, 11) is -0.957. The number of nitrogens with zero attached hydrogens (tertiary/aromatic N) is 2. The minimum Gasteiger partial charge on any atom is -0.355 e. The van der Waals surface area contributed by atoms with Crippen LogP contribution in [-0.4, -0.2) is 45.8 Å². The summed E-state index contributed by atoms with van der Waals surface area (Å²) in [6, 6.07) is 11.7. The fourth-order valence-electron chi connectivity index (χ4n) is 2.83. The highest BCUT2D eigenvalue weighted by Gasteiger charge is 2.28. The molecule has 0 aliphatic carbocycles. The molecule has 2 aromatic rings. The molecule has 0 spiro atoms. The van der Waals surface area contributed by atoms with E-state index in [4.69, 9.17) is 0 Å². The number of anilines is 1. The van der Waals surface area contributed by atoms with Crippen LogP contribution in [-0.2, 0) is 21.4 Å². The number of halogens is 1. The first kappa shape index (κ1) is 22.8. The van der Waals surface area contributed by atoms with Gasteiger partial charge in [-0.1, -0.05) is 24.3 Å². The van der Waals surface area contributed by atoms with Crippen molar-refractivity contribution in [1.82, 2.24) is 9.62 Å². The van der Waals surface area contributed by atoms with E-state index in [2.05, 4.69) is 5.32 Å². The molecule has 0 saturated heterocycles. The zero-order valence-electron chi connectivity index (χ0n) is 17.3. The van der Waals surface area contributed by atoms with Gasteiger partial charge in [0, 0.05) is 20.6 Å². The van der Waals surface area contributed by atoms with Gasteiger partial charge in [0.2, 0.25) is 5.91 Å². The van der Waals surface area contributed by atoms with Crippen molar-refractivity contribution in [3.63, 3.8) is 0 Å². The number of aryl methyl sites for hydroxylation is 3. The van der Waals surface area contributed by atoms with Crippen molar-refractivity contribution < 1.29 is 17.6 Å². The van der Waals surface area contributed by atoms with Gasteiger partial charge in [0.15, 0.2) is 0 Å². The highest BCUT2D eigenvalue weighted by Crippen LogP contribution is 2.25. The maximum Gasteiger partial charge on any atom is 0.304 e. The Hall–Kier alpha value is -2.45. The number of hydrogen-bond acceptors (Lipinski definition) is 3. The molecule has 2 aromatic carbocycles. The molecule has 29 heavy (non-hydrogen) atoms. The van der Waals surface area contributed by atoms with E-state index >= 15 is 0 Å². The summed E-state index contributed by atoms with van der Waals surface area (Å²) < 4.78 is 40.8. The van der Waals surface area contributed by atoms with Gasteiger partial charge in [0.25, 0.3) is 0 Å². The lowest BCUT2D eigenvalue weighted by atomic mass is 10.1. The molecule has 1 amide bonds. The van der Waals surface area contributed by atoms with Gasteiger partial charge in [0.05, 0.1) is 5.69 Å². The van der Waals surface area contributed by atoms with E-state index in [9.17, 15) is 17.6 Å². The van der Waals surface area contributed by atoms with Crippen LogP contribution in [0.1, 0.15) is 23.1 Å². The third-order valence-corrected chi connectivity index (χ3v) is 6.34. The minimum atomic E-state index is -3.83. The molecule has 2 rings (SSSR count). The molecule has 0 aliphatic rings. The summed E-state index contributed by atoms with van der Waals surface area (Å²) in [6.07, 6.45) is 1.36. The molecule has 158 valence electrons. The Morgan fingerprint density at radius 2 is 1.72 bits per heavy atom. The maximum atomic E-state index is 12.9. The predicted molar refractivity (Wildman–Crippen MR) is 114 cm³/mol. The number of amides is 1. The zero-order chi connectivity index (χ0) is 21.6. The SMILES string of the molecule is Cc1ccc(C)c(N(CC(=O)NCCCc2ccc(F)cc2)S(=O)(=O)N(C)C)c1. The third-order valence-electron chi connectivity index (χ3n) is 4.54. The zero-order valence-corrected chi connectivity index (χ0v) is 18.1. The lowest BCUT2D eigenvalue weighted by Gasteiger charge is -2.28. The van der Waals surface area contributed by atoms with Crippen molar-refractivity contribution in [2.45, 2.75) is 26.7 Å². The Morgan fingerprint density at radius 3 is 2.34 bits per heavy atom. The fraction of sp³-hybridized carbons (Fsp3) is 0.381. The molecular formula is C21H28FN3O3S. The number of carbonyl (C=O) groups excluding carboxylic acids is 1. The average Bonchev–Trinajstić information content (AvgIpc) is 2.66. The van der Waals surface area contributed by atoms with E-state index < -0.39 is 10.2 Å². The highest BCUT2D eigenvalue weighted by atomic mass is 32.2. The lowest BCUT2D eigenvalue weighted by Crippen LogP contribution is -2.46. The van der Waals surface area contributed by atoms with Gasteiger partial charge in [-0.05, 0) is 61.6 Å². The van der Waals surface area contributed by atoms with Crippen LogP contribution >= 0.6 is 0 Å². The van der Waals surface area contributed by atoms with E-state index in [0.29, 0.717) is 25.1 Å². The average molecular weight is 422 g/mol. The van der Waals surface area contributed by atoms with Crippen LogP contribution in [0.25, 0.3) is 0 Å². The number of benzene rings is 2. The number of rotatable bonds is 9. The Bertz CT molecular complexity index is 944. The van der Waals surface area contributed by atoms with Crippen LogP contribution in [0.2, 0.25) is 0 Å². The molecule has 0 bridgehead atoms. The smallest absolute Gasteiger partial charge is 0.304 e. The normalized spacial score (nSPS) is 11.5. The van der Waals surface area contributed by atoms with Crippen molar-refractivity contribution in [3.8, 4) is 0 Å². The van der Waals surface area contributed by atoms with Crippen LogP contribution in [0.5, 0.6) is 0 Å². The predicted octanol–water partition coefficient (Wildman–Crippen LogP) is 2.80. The van der Waals surface area contributed by atoms with Crippen LogP contribution in [0, 0.1) is 19.7 Å². The van der Waals surface area contributed by atoms with Gasteiger partial charge in [-0.15, -0.1) is 0 Å². The van der Waals surface area contributed by atoms with Crippen LogP contribution in [0.15, 0.2) is 42.5 Å². The Morgan fingerprint density at radius 1 is 1.07 bits per heavy atom. The Kier molecular flexibility index (Phi) is 7.75. The second kappa shape index (κ2) is 9.84. The molecule has 8 heteroatoms. The van der Waals surface area contributed by atoms with Crippen molar-refractivity contribution in [3.05, 3.63) is 65.0 Å². The summed E-state index contributed by atoms with van der Waals surface area (Å²) in [4.78, 5) is 12.5. The standard InChI is InChI=1S/C21H28FN3O3S/c1-16-7-8-17(2)20(14-16)25(29(27,28)24(3)4)15-21(26)23-13-5-6-18-9-11-19(22)12-10-18/h7-12,14H,5-6,13,15H2,1-4H3,(H,23,26). The molecule has 0 unspecified atom stereocenters. The third kappa shape index (κ3) is 6.27. The first-order valence-electron chi connectivity index (χ1n) is 9.40. The number of carbonyl (C=O) groups is 1. The largest absolute Gasteiger partial charge is 0.355 e. The molecule has 0 saturated carbocycles. The molecule has 0 aliphatic heterocycles. The van der Waals surface area contributed by atoms with Crippen molar-refractivity contribution in [1.29, 1.82) is 0 Å². The first-order chi connectivity index (χ1) is 13.6. The molecule has 0 heterocycles. The van der Waals surface area contributed by atoms with Crippen molar-refractivity contribution in [2.75, 3.05) is 31.5 Å². The highest BCUT2D eigenvalue weighted by molar-refractivity contribution is 7.90. The molecular weight excluding hydrogens is 393 g/mol. The van der Waals surface area contributed by atoms with Crippen molar-refractivity contribution >= 4 is 21.8 Å². The number of nitrogens with one attached hydrogen (secondary N) is 1. The quantitative estimate of drug-likeness (QED) is 0.633.